The Morgan fingerprint density at radius 3 is 2.58 bits per heavy atom. The topological polar surface area (TPSA) is 61.5 Å². The van der Waals surface area contributed by atoms with Crippen molar-refractivity contribution >= 4 is 5.91 Å². The number of nitrogens with zero attached hydrogens (tertiary/aromatic N) is 3. The molecule has 1 aromatic rings. The van der Waals surface area contributed by atoms with Gasteiger partial charge in [0.2, 0.25) is 5.91 Å². The van der Waals surface area contributed by atoms with Crippen molar-refractivity contribution in [1.29, 1.82) is 0 Å². The van der Waals surface area contributed by atoms with E-state index in [4.69, 9.17) is 4.74 Å². The van der Waals surface area contributed by atoms with E-state index in [2.05, 4.69) is 21.2 Å². The minimum Gasteiger partial charge on any atom is -0.370 e. The lowest BCUT2D eigenvalue weighted by Gasteiger charge is -2.36. The quantitative estimate of drug-likeness (QED) is 0.810. The lowest BCUT2D eigenvalue weighted by atomic mass is 9.84. The van der Waals surface area contributed by atoms with Crippen LogP contribution in [-0.4, -0.2) is 65.2 Å². The first kappa shape index (κ1) is 19.4. The van der Waals surface area contributed by atoms with Crippen molar-refractivity contribution in [3.8, 4) is 0 Å². The Balaban J connectivity index is 1.44. The molecule has 2 aliphatic rings. The van der Waals surface area contributed by atoms with Gasteiger partial charge in [-0.1, -0.05) is 33.1 Å². The fourth-order valence-corrected chi connectivity index (χ4v) is 4.21. The van der Waals surface area contributed by atoms with E-state index in [1.54, 1.807) is 0 Å². The summed E-state index contributed by atoms with van der Waals surface area (Å²) in [5.41, 5.74) is 1.12. The van der Waals surface area contributed by atoms with Gasteiger partial charge in [-0.25, -0.2) is 0 Å². The van der Waals surface area contributed by atoms with Gasteiger partial charge in [-0.05, 0) is 24.8 Å². The van der Waals surface area contributed by atoms with Crippen molar-refractivity contribution < 1.29 is 9.53 Å². The third-order valence-corrected chi connectivity index (χ3v) is 5.79. The first-order valence-electron chi connectivity index (χ1n) is 10.3. The Bertz CT molecular complexity index is 532. The van der Waals surface area contributed by atoms with Gasteiger partial charge in [0.25, 0.3) is 0 Å². The molecule has 0 spiro atoms. The average molecular weight is 363 g/mol. The molecule has 6 nitrogen and oxygen atoms in total. The number of nitrogens with one attached hydrogen (secondary N) is 1. The van der Waals surface area contributed by atoms with Crippen LogP contribution in [0.3, 0.4) is 0 Å². The summed E-state index contributed by atoms with van der Waals surface area (Å²) in [6, 6.07) is 2.05. The molecule has 2 fully saturated rings. The number of carbonyl (C=O) groups is 1. The molecule has 1 aromatic heterocycles. The van der Waals surface area contributed by atoms with Crippen LogP contribution in [0.4, 0.5) is 0 Å². The van der Waals surface area contributed by atoms with E-state index in [9.17, 15) is 4.79 Å². The average Bonchev–Trinajstić information content (AvgIpc) is 3.20. The van der Waals surface area contributed by atoms with Crippen LogP contribution in [0, 0.1) is 11.8 Å². The number of piperazine rings is 1. The maximum Gasteiger partial charge on any atom is 0.225 e. The third-order valence-electron chi connectivity index (χ3n) is 5.79. The number of ether oxygens (including phenoxy) is 1. The van der Waals surface area contributed by atoms with Crippen LogP contribution in [0.1, 0.15) is 57.7 Å². The largest absolute Gasteiger partial charge is 0.370 e. The summed E-state index contributed by atoms with van der Waals surface area (Å²) in [7, 11) is 0. The predicted molar refractivity (Wildman–Crippen MR) is 102 cm³/mol. The van der Waals surface area contributed by atoms with Gasteiger partial charge < -0.3 is 9.64 Å². The van der Waals surface area contributed by atoms with Gasteiger partial charge in [0.05, 0.1) is 12.3 Å². The van der Waals surface area contributed by atoms with Crippen molar-refractivity contribution in [2.24, 2.45) is 11.8 Å². The van der Waals surface area contributed by atoms with Crippen molar-refractivity contribution in [1.82, 2.24) is 20.0 Å². The Hall–Kier alpha value is -1.40. The number of carbonyl (C=O) groups excluding carboxylic acids is 1. The molecule has 0 bridgehead atoms. The van der Waals surface area contributed by atoms with E-state index >= 15 is 0 Å². The van der Waals surface area contributed by atoms with Crippen LogP contribution in [0.5, 0.6) is 0 Å². The number of amides is 1. The fraction of sp³-hybridized carbons (Fsp3) is 0.800. The third kappa shape index (κ3) is 5.07. The fourth-order valence-electron chi connectivity index (χ4n) is 4.21. The Labute approximate surface area is 157 Å². The maximum absolute atomic E-state index is 12.1. The van der Waals surface area contributed by atoms with E-state index in [-0.39, 0.29) is 17.9 Å². The number of aromatic amines is 1. The van der Waals surface area contributed by atoms with Gasteiger partial charge in [-0.3, -0.25) is 14.8 Å². The highest BCUT2D eigenvalue weighted by atomic mass is 16.5. The zero-order valence-electron chi connectivity index (χ0n) is 16.3. The molecule has 2 heterocycles. The highest BCUT2D eigenvalue weighted by Gasteiger charge is 2.27. The van der Waals surface area contributed by atoms with Crippen LogP contribution in [0.2, 0.25) is 0 Å². The minimum atomic E-state index is 0.0931. The van der Waals surface area contributed by atoms with E-state index in [1.807, 2.05) is 24.9 Å². The van der Waals surface area contributed by atoms with Crippen molar-refractivity contribution in [2.45, 2.75) is 52.1 Å². The van der Waals surface area contributed by atoms with Gasteiger partial charge in [0, 0.05) is 44.8 Å². The van der Waals surface area contributed by atoms with Crippen LogP contribution < -0.4 is 0 Å². The van der Waals surface area contributed by atoms with Gasteiger partial charge in [0.1, 0.15) is 6.10 Å². The second-order valence-electron chi connectivity index (χ2n) is 8.02. The first-order valence-corrected chi connectivity index (χ1v) is 10.3. The molecule has 1 atom stereocenters. The maximum atomic E-state index is 12.1. The molecule has 1 unspecified atom stereocenters. The Kier molecular flexibility index (Phi) is 7.08. The molecule has 1 N–H and O–H groups in total. The number of rotatable bonds is 7. The number of hydrogen-bond acceptors (Lipinski definition) is 4. The number of hydrogen-bond donors (Lipinski definition) is 1. The summed E-state index contributed by atoms with van der Waals surface area (Å²) in [5.74, 6) is 0.970. The summed E-state index contributed by atoms with van der Waals surface area (Å²) < 4.78 is 6.35. The Morgan fingerprint density at radius 1 is 1.23 bits per heavy atom. The molecule has 6 heteroatoms. The monoisotopic (exact) mass is 362 g/mol. The van der Waals surface area contributed by atoms with E-state index in [0.29, 0.717) is 5.92 Å². The van der Waals surface area contributed by atoms with Crippen molar-refractivity contribution in [3.05, 3.63) is 18.0 Å². The molecule has 1 aliphatic carbocycles. The highest BCUT2D eigenvalue weighted by Crippen LogP contribution is 2.36. The smallest absolute Gasteiger partial charge is 0.225 e. The van der Waals surface area contributed by atoms with E-state index in [0.717, 1.165) is 45.0 Å². The number of aromatic nitrogens is 2. The van der Waals surface area contributed by atoms with Crippen LogP contribution >= 0.6 is 0 Å². The van der Waals surface area contributed by atoms with Gasteiger partial charge in [-0.15, -0.1) is 0 Å². The highest BCUT2D eigenvalue weighted by molar-refractivity contribution is 5.78. The molecular weight excluding hydrogens is 328 g/mol. The van der Waals surface area contributed by atoms with Crippen LogP contribution in [0.25, 0.3) is 0 Å². The lowest BCUT2D eigenvalue weighted by Crippen LogP contribution is -2.50. The zero-order chi connectivity index (χ0) is 18.4. The van der Waals surface area contributed by atoms with E-state index < -0.39 is 0 Å². The van der Waals surface area contributed by atoms with Crippen LogP contribution in [0.15, 0.2) is 12.3 Å². The molecule has 1 saturated carbocycles. The first-order chi connectivity index (χ1) is 12.6. The molecule has 0 aromatic carbocycles. The normalized spacial score (nSPS) is 21.3. The van der Waals surface area contributed by atoms with Crippen molar-refractivity contribution in [2.75, 3.05) is 39.3 Å². The molecule has 146 valence electrons. The standard InChI is InChI=1S/C20H34N4O2/c1-16(2)20(25)24-12-10-23(11-13-24)14-15-26-19(18-8-9-21-22-18)17-6-4-3-5-7-17/h8-9,16-17,19H,3-7,10-15H2,1-2H3,(H,21,22). The summed E-state index contributed by atoms with van der Waals surface area (Å²) in [6.45, 7) is 9.18. The second-order valence-corrected chi connectivity index (χ2v) is 8.02. The molecular formula is C20H34N4O2. The minimum absolute atomic E-state index is 0.0931. The molecule has 3 rings (SSSR count). The van der Waals surface area contributed by atoms with Crippen LogP contribution in [-0.2, 0) is 9.53 Å². The zero-order valence-corrected chi connectivity index (χ0v) is 16.3. The van der Waals surface area contributed by atoms with Gasteiger partial charge in [-0.2, -0.15) is 5.10 Å². The Morgan fingerprint density at radius 2 is 1.96 bits per heavy atom. The summed E-state index contributed by atoms with van der Waals surface area (Å²) in [6.07, 6.45) is 8.43. The molecule has 1 aliphatic heterocycles. The molecule has 26 heavy (non-hydrogen) atoms. The predicted octanol–water partition coefficient (Wildman–Crippen LogP) is 2.85. The van der Waals surface area contributed by atoms with Gasteiger partial charge in [0.15, 0.2) is 0 Å². The molecule has 1 saturated heterocycles. The number of H-pyrrole nitrogens is 1. The lowest BCUT2D eigenvalue weighted by molar-refractivity contribution is -0.136. The molecule has 0 radical (unpaired) electrons. The summed E-state index contributed by atoms with van der Waals surface area (Å²) in [5, 5.41) is 7.24. The summed E-state index contributed by atoms with van der Waals surface area (Å²) in [4.78, 5) is 16.5. The van der Waals surface area contributed by atoms with E-state index in [1.165, 1.54) is 32.1 Å². The SMILES string of the molecule is CC(C)C(=O)N1CCN(CCOC(c2ccn[nH]2)C2CCCCC2)CC1. The van der Waals surface area contributed by atoms with Crippen molar-refractivity contribution in [3.63, 3.8) is 0 Å². The molecule has 1 amide bonds. The summed E-state index contributed by atoms with van der Waals surface area (Å²) >= 11 is 0. The van der Waals surface area contributed by atoms with Gasteiger partial charge >= 0.3 is 0 Å². The second kappa shape index (κ2) is 9.51.